The number of hydrogen-bond acceptors (Lipinski definition) is 2. The van der Waals surface area contributed by atoms with Crippen LogP contribution in [0.3, 0.4) is 0 Å². The first-order valence-electron chi connectivity index (χ1n) is 4.87. The van der Waals surface area contributed by atoms with E-state index < -0.39 is 22.8 Å². The van der Waals surface area contributed by atoms with Crippen molar-refractivity contribution in [3.8, 4) is 0 Å². The van der Waals surface area contributed by atoms with Crippen LogP contribution in [0.25, 0.3) is 0 Å². The van der Waals surface area contributed by atoms with Gasteiger partial charge in [-0.2, -0.15) is 18.3 Å². The Labute approximate surface area is 101 Å². The van der Waals surface area contributed by atoms with Gasteiger partial charge in [0, 0.05) is 13.6 Å². The summed E-state index contributed by atoms with van der Waals surface area (Å²) in [6, 6.07) is 0. The average Bonchev–Trinajstić information content (AvgIpc) is 2.50. The molecule has 1 heterocycles. The van der Waals surface area contributed by atoms with Gasteiger partial charge < -0.3 is 5.32 Å². The van der Waals surface area contributed by atoms with E-state index in [0.29, 0.717) is 13.0 Å². The molecule has 96 valence electrons. The minimum absolute atomic E-state index is 0.285. The van der Waals surface area contributed by atoms with Crippen molar-refractivity contribution in [3.05, 3.63) is 16.4 Å². The molecule has 1 rings (SSSR count). The second-order valence-corrected chi connectivity index (χ2v) is 3.77. The van der Waals surface area contributed by atoms with Crippen LogP contribution in [0.2, 0.25) is 5.02 Å². The fraction of sp³-hybridized carbons (Fsp3) is 0.556. The number of hydrogen-bond donors (Lipinski definition) is 1. The summed E-state index contributed by atoms with van der Waals surface area (Å²) in [6.07, 6.45) is -3.99. The van der Waals surface area contributed by atoms with Crippen LogP contribution < -0.4 is 5.32 Å². The first-order chi connectivity index (χ1) is 7.79. The highest BCUT2D eigenvalue weighted by Crippen LogP contribution is 2.35. The van der Waals surface area contributed by atoms with Gasteiger partial charge in [0.15, 0.2) is 5.69 Å². The maximum absolute atomic E-state index is 12.5. The van der Waals surface area contributed by atoms with Gasteiger partial charge in [0.25, 0.3) is 5.91 Å². The minimum Gasteiger partial charge on any atom is -0.351 e. The summed E-state index contributed by atoms with van der Waals surface area (Å²) in [7, 11) is 1.24. The monoisotopic (exact) mass is 269 g/mol. The van der Waals surface area contributed by atoms with E-state index in [1.165, 1.54) is 7.05 Å². The third-order valence-electron chi connectivity index (χ3n) is 2.01. The molecule has 8 heteroatoms. The lowest BCUT2D eigenvalue weighted by Crippen LogP contribution is -2.26. The van der Waals surface area contributed by atoms with Crippen LogP contribution in [0.15, 0.2) is 0 Å². The van der Waals surface area contributed by atoms with Gasteiger partial charge in [0.05, 0.1) is 0 Å². The van der Waals surface area contributed by atoms with Gasteiger partial charge in [0.1, 0.15) is 10.7 Å². The molecule has 0 unspecified atom stereocenters. The lowest BCUT2D eigenvalue weighted by Gasteiger charge is -2.04. The maximum Gasteiger partial charge on any atom is 0.436 e. The predicted molar refractivity (Wildman–Crippen MR) is 55.8 cm³/mol. The molecule has 1 N–H and O–H groups in total. The highest BCUT2D eigenvalue weighted by Gasteiger charge is 2.39. The minimum atomic E-state index is -4.67. The molecular weight excluding hydrogens is 259 g/mol. The van der Waals surface area contributed by atoms with Crippen molar-refractivity contribution >= 4 is 17.5 Å². The molecule has 0 fully saturated rings. The highest BCUT2D eigenvalue weighted by molar-refractivity contribution is 6.34. The first-order valence-corrected chi connectivity index (χ1v) is 5.24. The lowest BCUT2D eigenvalue weighted by atomic mass is 10.3. The van der Waals surface area contributed by atoms with E-state index in [1.54, 1.807) is 0 Å². The maximum atomic E-state index is 12.5. The third-order valence-corrected chi connectivity index (χ3v) is 2.37. The third kappa shape index (κ3) is 2.91. The molecule has 1 aromatic heterocycles. The van der Waals surface area contributed by atoms with Gasteiger partial charge in [-0.05, 0) is 6.42 Å². The Morgan fingerprint density at radius 3 is 2.53 bits per heavy atom. The molecule has 0 spiro atoms. The molecule has 0 aliphatic heterocycles. The number of carbonyl (C=O) groups is 1. The van der Waals surface area contributed by atoms with Gasteiger partial charge in [-0.1, -0.05) is 18.5 Å². The summed E-state index contributed by atoms with van der Waals surface area (Å²) in [5, 5.41) is 4.98. The smallest absolute Gasteiger partial charge is 0.351 e. The van der Waals surface area contributed by atoms with Gasteiger partial charge in [0.2, 0.25) is 0 Å². The van der Waals surface area contributed by atoms with Crippen molar-refractivity contribution in [2.75, 3.05) is 6.54 Å². The number of nitrogens with one attached hydrogen (secondary N) is 1. The Morgan fingerprint density at radius 1 is 1.53 bits per heavy atom. The largest absolute Gasteiger partial charge is 0.436 e. The molecule has 17 heavy (non-hydrogen) atoms. The fourth-order valence-electron chi connectivity index (χ4n) is 1.25. The molecular formula is C9H11ClF3N3O. The molecule has 0 radical (unpaired) electrons. The van der Waals surface area contributed by atoms with Crippen molar-refractivity contribution in [1.82, 2.24) is 15.1 Å². The van der Waals surface area contributed by atoms with Crippen LogP contribution in [0.1, 0.15) is 29.5 Å². The molecule has 0 saturated heterocycles. The van der Waals surface area contributed by atoms with Gasteiger partial charge >= 0.3 is 6.18 Å². The molecule has 0 aromatic carbocycles. The van der Waals surface area contributed by atoms with Gasteiger partial charge in [-0.15, -0.1) is 0 Å². The Bertz CT molecular complexity index is 428. The van der Waals surface area contributed by atoms with Crippen LogP contribution in [0.4, 0.5) is 13.2 Å². The van der Waals surface area contributed by atoms with E-state index in [1.807, 2.05) is 6.92 Å². The second kappa shape index (κ2) is 4.95. The molecule has 0 bridgehead atoms. The Morgan fingerprint density at radius 2 is 2.12 bits per heavy atom. The summed E-state index contributed by atoms with van der Waals surface area (Å²) in [6.45, 7) is 2.19. The highest BCUT2D eigenvalue weighted by atomic mass is 35.5. The number of amides is 1. The number of aryl methyl sites for hydroxylation is 1. The first kappa shape index (κ1) is 13.8. The van der Waals surface area contributed by atoms with E-state index in [2.05, 4.69) is 10.4 Å². The quantitative estimate of drug-likeness (QED) is 0.915. The zero-order valence-electron chi connectivity index (χ0n) is 9.23. The number of halogens is 4. The molecule has 1 aromatic rings. The average molecular weight is 270 g/mol. The van der Waals surface area contributed by atoms with E-state index in [-0.39, 0.29) is 5.69 Å². The van der Waals surface area contributed by atoms with Gasteiger partial charge in [-0.3, -0.25) is 9.48 Å². The van der Waals surface area contributed by atoms with Crippen molar-refractivity contribution in [3.63, 3.8) is 0 Å². The number of rotatable bonds is 3. The van der Waals surface area contributed by atoms with Crippen LogP contribution in [-0.2, 0) is 13.2 Å². The number of nitrogens with zero attached hydrogens (tertiary/aromatic N) is 2. The number of carbonyl (C=O) groups excluding carboxylic acids is 1. The molecule has 0 aliphatic carbocycles. The Hall–Kier alpha value is -1.24. The Kier molecular flexibility index (Phi) is 4.03. The van der Waals surface area contributed by atoms with E-state index in [9.17, 15) is 18.0 Å². The van der Waals surface area contributed by atoms with Crippen LogP contribution in [0, 0.1) is 0 Å². The van der Waals surface area contributed by atoms with E-state index >= 15 is 0 Å². The zero-order valence-corrected chi connectivity index (χ0v) is 9.98. The van der Waals surface area contributed by atoms with Crippen LogP contribution in [-0.4, -0.2) is 22.2 Å². The van der Waals surface area contributed by atoms with E-state index in [4.69, 9.17) is 11.6 Å². The number of aromatic nitrogens is 2. The van der Waals surface area contributed by atoms with Crippen molar-refractivity contribution in [2.24, 2.45) is 7.05 Å². The summed E-state index contributed by atoms with van der Waals surface area (Å²) in [5.41, 5.74) is -1.53. The summed E-state index contributed by atoms with van der Waals surface area (Å²) >= 11 is 5.52. The molecule has 4 nitrogen and oxygen atoms in total. The standard InChI is InChI=1S/C9H11ClF3N3O/c1-3-4-14-8(17)6-5(10)7(9(11,12)13)15-16(6)2/h3-4H2,1-2H3,(H,14,17). The van der Waals surface area contributed by atoms with Crippen molar-refractivity contribution < 1.29 is 18.0 Å². The van der Waals surface area contributed by atoms with Crippen molar-refractivity contribution in [2.45, 2.75) is 19.5 Å². The molecule has 0 atom stereocenters. The fourth-order valence-corrected chi connectivity index (χ4v) is 1.60. The summed E-state index contributed by atoms with van der Waals surface area (Å²) in [5.74, 6) is -0.664. The predicted octanol–water partition coefficient (Wildman–Crippen LogP) is 2.23. The molecule has 0 aliphatic rings. The lowest BCUT2D eigenvalue weighted by molar-refractivity contribution is -0.141. The van der Waals surface area contributed by atoms with Crippen LogP contribution in [0.5, 0.6) is 0 Å². The number of alkyl halides is 3. The second-order valence-electron chi connectivity index (χ2n) is 3.39. The molecule has 1 amide bonds. The van der Waals surface area contributed by atoms with Crippen LogP contribution >= 0.6 is 11.6 Å². The van der Waals surface area contributed by atoms with Gasteiger partial charge in [-0.25, -0.2) is 0 Å². The molecule has 0 saturated carbocycles. The summed E-state index contributed by atoms with van der Waals surface area (Å²) in [4.78, 5) is 11.6. The van der Waals surface area contributed by atoms with E-state index in [0.717, 1.165) is 4.68 Å². The summed E-state index contributed by atoms with van der Waals surface area (Å²) < 4.78 is 38.2. The normalized spacial score (nSPS) is 11.6. The zero-order chi connectivity index (χ0) is 13.2. The Balaban J connectivity index is 3.10. The van der Waals surface area contributed by atoms with Crippen molar-refractivity contribution in [1.29, 1.82) is 0 Å². The SMILES string of the molecule is CCCNC(=O)c1c(Cl)c(C(F)(F)F)nn1C. The topological polar surface area (TPSA) is 46.9 Å².